The van der Waals surface area contributed by atoms with Crippen LogP contribution in [0, 0.1) is 11.8 Å². The van der Waals surface area contributed by atoms with Gasteiger partial charge in [-0.15, -0.1) is 0 Å². The van der Waals surface area contributed by atoms with Crippen molar-refractivity contribution < 1.29 is 131 Å². The third-order valence-electron chi connectivity index (χ3n) is 19.5. The molecule has 0 aromatic carbocycles. The quantitative estimate of drug-likeness (QED) is 0.0116. The molecule has 0 fully saturated rings. The maximum absolute atomic E-state index is 14.3. The van der Waals surface area contributed by atoms with Crippen LogP contribution in [0.15, 0.2) is 4.99 Å². The smallest absolute Gasteiger partial charge is 0.326 e. The van der Waals surface area contributed by atoms with Gasteiger partial charge in [-0.2, -0.15) is 24.4 Å². The fourth-order valence-corrected chi connectivity index (χ4v) is 13.1. The van der Waals surface area contributed by atoms with E-state index in [9.17, 15) is 131 Å². The van der Waals surface area contributed by atoms with Gasteiger partial charge in [0.25, 0.3) is 0 Å². The fourth-order valence-electron chi connectivity index (χ4n) is 12.4. The zero-order chi connectivity index (χ0) is 100. The average molecular weight is 1920 g/mol. The number of guanidine groups is 1. The third kappa shape index (κ3) is 50.8. The topological polar surface area (TPSA) is 893 Å². The van der Waals surface area contributed by atoms with Crippen molar-refractivity contribution >= 4 is 155 Å². The summed E-state index contributed by atoms with van der Waals surface area (Å²) in [7, 11) is 0. The van der Waals surface area contributed by atoms with Gasteiger partial charge in [-0.1, -0.05) is 34.1 Å². The molecule has 52 nitrogen and oxygen atoms in total. The molecular formula is C78H139N25O27S2. The van der Waals surface area contributed by atoms with E-state index in [2.05, 4.69) is 97.4 Å². The number of amides is 17. The van der Waals surface area contributed by atoms with E-state index in [1.807, 2.05) is 5.32 Å². The van der Waals surface area contributed by atoms with E-state index in [1.54, 1.807) is 34.0 Å². The molecule has 17 amide bonds. The van der Waals surface area contributed by atoms with Gasteiger partial charge in [-0.3, -0.25) is 101 Å². The van der Waals surface area contributed by atoms with E-state index in [-0.39, 0.29) is 121 Å². The number of aliphatic carboxylic acids is 4. The number of nitrogens with two attached hydrogens (primary N) is 8. The number of hydrogen-bond acceptors (Lipinski definition) is 31. The number of carboxylic acids is 4. The third-order valence-corrected chi connectivity index (χ3v) is 20.5. The van der Waals surface area contributed by atoms with Crippen molar-refractivity contribution in [3.63, 3.8) is 0 Å². The molecule has 0 aliphatic heterocycles. The molecule has 0 saturated heterocycles. The maximum Gasteiger partial charge on any atom is 0.326 e. The Kier molecular flexibility index (Phi) is 61.1. The SMILES string of the molecule is CSCC[C@H](NC(=O)CNC(=O)[C@H](CCC(=O)O)NC(=O)[C@H](CS)NC(=O)[C@H](CC(C)C)NC(=O)[C@H](CO)NC(=O)[C@H](C)NC(=O)[C@H](CC(C)C)NC(=O)[C@@H](N)CCCCN)C(=O)N[C@@H](CO)C(=O)N[C@@H](CCCN=C(N)N)C(=O)N[C@@H](CC(=O)O)C(=O)N[C@@H](CC(=O)O)C(=O)N[C@@H](CCCCN)C(=O)N[C@@H](CCCCN)C(=O)N[C@@H](CC(N)=O)C(=O)N[C@@H](CCCCN)C(=O)O. The van der Waals surface area contributed by atoms with Crippen molar-refractivity contribution in [1.29, 1.82) is 0 Å². The largest absolute Gasteiger partial charge is 0.481 e. The molecular weight excluding hydrogens is 1780 g/mol. The van der Waals surface area contributed by atoms with Gasteiger partial charge in [0.1, 0.15) is 90.6 Å². The number of carbonyl (C=O) groups is 21. The molecule has 0 aromatic heterocycles. The van der Waals surface area contributed by atoms with E-state index in [0.29, 0.717) is 32.2 Å². The molecule has 132 heavy (non-hydrogen) atoms. The molecule has 0 spiro atoms. The molecule has 0 heterocycles. The molecule has 0 radical (unpaired) electrons. The first-order valence-electron chi connectivity index (χ1n) is 43.1. The van der Waals surface area contributed by atoms with Gasteiger partial charge >= 0.3 is 23.9 Å². The summed E-state index contributed by atoms with van der Waals surface area (Å²) < 4.78 is 0. The first kappa shape index (κ1) is 121. The minimum Gasteiger partial charge on any atom is -0.481 e. The van der Waals surface area contributed by atoms with Crippen LogP contribution in [0.5, 0.6) is 0 Å². The normalized spacial score (nSPS) is 14.7. The number of nitrogens with one attached hydrogen (secondary N) is 16. The summed E-state index contributed by atoms with van der Waals surface area (Å²) in [5, 5.41) is 97.3. The van der Waals surface area contributed by atoms with Crippen molar-refractivity contribution in [3.8, 4) is 0 Å². The van der Waals surface area contributed by atoms with Gasteiger partial charge in [0.2, 0.25) is 100 Å². The molecule has 0 saturated carbocycles. The predicted molar refractivity (Wildman–Crippen MR) is 480 cm³/mol. The van der Waals surface area contributed by atoms with E-state index >= 15 is 0 Å². The molecule has 0 unspecified atom stereocenters. The van der Waals surface area contributed by atoms with Crippen molar-refractivity contribution in [2.75, 3.05) is 70.2 Å². The summed E-state index contributed by atoms with van der Waals surface area (Å²) >= 11 is 5.35. The molecule has 0 rings (SSSR count). The first-order chi connectivity index (χ1) is 62.2. The van der Waals surface area contributed by atoms with Gasteiger partial charge in [0.05, 0.1) is 45.1 Å². The molecule has 0 aliphatic carbocycles. The number of thiol groups is 1. The number of thioether (sulfide) groups is 1. The molecule has 0 aromatic rings. The van der Waals surface area contributed by atoms with Crippen molar-refractivity contribution in [2.24, 2.45) is 62.7 Å². The van der Waals surface area contributed by atoms with Crippen LogP contribution in [0.25, 0.3) is 0 Å². The first-order valence-corrected chi connectivity index (χ1v) is 45.1. The number of rotatable bonds is 72. The summed E-state index contributed by atoms with van der Waals surface area (Å²) in [4.78, 5) is 286. The van der Waals surface area contributed by atoms with Crippen LogP contribution in [-0.4, -0.2) is 328 Å². The highest BCUT2D eigenvalue weighted by molar-refractivity contribution is 7.98. The standard InChI is InChI=1S/C78H139N25O27S2/c1-39(2)30-49(96-63(115)42(83)16-7-11-24-79)69(121)89-41(5)62(114)101-54(36-104)75(127)97-50(31-40(3)4)70(122)103-56(38-131)76(128)94-46(21-22-59(108)109)64(116)88-35-58(107)90-47(23-29-132-6)68(120)102-55(37-105)74(126)93-45(20-15-28-87-78(85)86)67(119)99-53(34-61(112)113)73(125)100-52(33-60(110)111)72(124)92-43(17-8-12-25-80)65(117)91-44(18-9-13-26-81)66(118)98-51(32-57(84)106)71(123)95-48(77(129)130)19-10-14-27-82/h39-56,104-105,131H,7-38,79-83H2,1-6H3,(H2,84,106)(H,88,116)(H,89,121)(H,90,107)(H,91,117)(H,92,124)(H,93,126)(H,94,128)(H,95,123)(H,96,115)(H,97,127)(H,98,118)(H,99,119)(H,100,125)(H,101,114)(H,102,120)(H,103,122)(H,108,109)(H,110,111)(H,112,113)(H,129,130)(H4,85,86,87)/t41-,42-,43-,44-,45-,46-,47-,48-,49-,50-,51-,52-,53-,54-,55-,56-/m0/s1. The van der Waals surface area contributed by atoms with Gasteiger partial charge in [0, 0.05) is 18.7 Å². The number of primary amides is 1. The molecule has 0 aliphatic rings. The zero-order valence-electron chi connectivity index (χ0n) is 75.2. The lowest BCUT2D eigenvalue weighted by molar-refractivity contribution is -0.143. The Balaban J connectivity index is 6.91. The average Bonchev–Trinajstić information content (AvgIpc) is 0.871. The van der Waals surface area contributed by atoms with Crippen LogP contribution in [0.4, 0.5) is 0 Å². The minimum atomic E-state index is -2.25. The van der Waals surface area contributed by atoms with Crippen LogP contribution in [-0.2, 0) is 101 Å². The van der Waals surface area contributed by atoms with Crippen molar-refractivity contribution in [3.05, 3.63) is 0 Å². The predicted octanol–water partition coefficient (Wildman–Crippen LogP) is -11.2. The van der Waals surface area contributed by atoms with E-state index < -0.39 is 291 Å². The van der Waals surface area contributed by atoms with Crippen LogP contribution in [0.3, 0.4) is 0 Å². The lowest BCUT2D eigenvalue weighted by atomic mass is 10.0. The van der Waals surface area contributed by atoms with Gasteiger partial charge in [-0.05, 0) is 166 Å². The Hall–Kier alpha value is -11.4. The minimum absolute atomic E-state index is 0.0484. The Morgan fingerprint density at radius 3 is 1.04 bits per heavy atom. The number of aliphatic hydroxyl groups is 2. The van der Waals surface area contributed by atoms with Gasteiger partial charge in [-0.25, -0.2) is 4.79 Å². The highest BCUT2D eigenvalue weighted by Crippen LogP contribution is 2.15. The van der Waals surface area contributed by atoms with Crippen LogP contribution in [0.1, 0.15) is 176 Å². The lowest BCUT2D eigenvalue weighted by Crippen LogP contribution is -2.61. The number of aliphatic imine (C=N–C) groups is 1. The number of carboxylic acid groups (broad SMARTS) is 4. The summed E-state index contributed by atoms with van der Waals surface area (Å²) in [6.07, 6.45) is -1.85. The second-order valence-corrected chi connectivity index (χ2v) is 33.1. The Morgan fingerprint density at radius 2 is 0.659 bits per heavy atom. The Bertz CT molecular complexity index is 3830. The number of hydrogen-bond donors (Lipinski definition) is 31. The maximum atomic E-state index is 14.3. The monoisotopic (exact) mass is 1920 g/mol. The highest BCUT2D eigenvalue weighted by atomic mass is 32.2. The molecule has 750 valence electrons. The summed E-state index contributed by atoms with van der Waals surface area (Å²) in [5.41, 5.74) is 44.9. The van der Waals surface area contributed by atoms with Crippen LogP contribution >= 0.6 is 24.4 Å². The van der Waals surface area contributed by atoms with Crippen LogP contribution < -0.4 is 131 Å². The molecule has 38 N–H and O–H groups in total. The van der Waals surface area contributed by atoms with E-state index in [0.717, 1.165) is 0 Å². The lowest BCUT2D eigenvalue weighted by Gasteiger charge is -2.27. The van der Waals surface area contributed by atoms with Crippen molar-refractivity contribution in [1.82, 2.24) is 85.1 Å². The van der Waals surface area contributed by atoms with Gasteiger partial charge < -0.3 is 162 Å². The number of nitrogens with zero attached hydrogens (tertiary/aromatic N) is 1. The van der Waals surface area contributed by atoms with E-state index in [4.69, 9.17) is 45.9 Å². The number of unbranched alkanes of at least 4 members (excludes halogenated alkanes) is 4. The Labute approximate surface area is 773 Å². The van der Waals surface area contributed by atoms with Crippen molar-refractivity contribution in [2.45, 2.75) is 273 Å². The second kappa shape index (κ2) is 66.8. The second-order valence-electron chi connectivity index (χ2n) is 31.8. The summed E-state index contributed by atoms with van der Waals surface area (Å²) in [6, 6.07) is -26.6. The number of carbonyl (C=O) groups excluding carboxylic acids is 17. The van der Waals surface area contributed by atoms with Crippen LogP contribution in [0.2, 0.25) is 0 Å². The summed E-state index contributed by atoms with van der Waals surface area (Å²) in [6.45, 7) is 5.42. The van der Waals surface area contributed by atoms with Gasteiger partial charge in [0.15, 0.2) is 5.96 Å². The zero-order valence-corrected chi connectivity index (χ0v) is 76.9. The molecule has 0 bridgehead atoms. The highest BCUT2D eigenvalue weighted by Gasteiger charge is 2.40. The summed E-state index contributed by atoms with van der Waals surface area (Å²) in [5.74, 6) is -26.9. The number of aliphatic hydroxyl groups excluding tert-OH is 2. The Morgan fingerprint density at radius 1 is 0.341 bits per heavy atom. The van der Waals surface area contributed by atoms with E-state index in [1.165, 1.54) is 18.7 Å². The molecule has 54 heteroatoms. The fraction of sp³-hybridized carbons (Fsp3) is 0.718. The molecule has 16 atom stereocenters.